The van der Waals surface area contributed by atoms with Crippen LogP contribution >= 0.6 is 15.9 Å². The van der Waals surface area contributed by atoms with Crippen molar-refractivity contribution in [1.29, 1.82) is 0 Å². The smallest absolute Gasteiger partial charge is 0.251 e. The Morgan fingerprint density at radius 1 is 1.30 bits per heavy atom. The Morgan fingerprint density at radius 3 is 2.80 bits per heavy atom. The Hall–Kier alpha value is -2.01. The molecule has 0 aromatic heterocycles. The third-order valence-electron chi connectivity index (χ3n) is 2.99. The number of hydrogen-bond donors (Lipinski definition) is 3. The zero-order valence-electron chi connectivity index (χ0n) is 11.0. The number of aromatic hydroxyl groups is 1. The number of nitrogens with one attached hydrogen (secondary N) is 1. The van der Waals surface area contributed by atoms with Crippen molar-refractivity contribution < 1.29 is 9.90 Å². The highest BCUT2D eigenvalue weighted by atomic mass is 79.9. The van der Waals surface area contributed by atoms with Crippen molar-refractivity contribution in [2.24, 2.45) is 0 Å². The number of nitrogen functional groups attached to an aromatic ring is 1. The minimum atomic E-state index is -0.189. The van der Waals surface area contributed by atoms with Crippen molar-refractivity contribution >= 4 is 27.5 Å². The fraction of sp³-hybridized carbons (Fsp3) is 0.133. The minimum absolute atomic E-state index is 0.116. The Labute approximate surface area is 125 Å². The van der Waals surface area contributed by atoms with Gasteiger partial charge < -0.3 is 16.2 Å². The topological polar surface area (TPSA) is 75.4 Å². The van der Waals surface area contributed by atoms with Crippen molar-refractivity contribution in [1.82, 2.24) is 5.32 Å². The van der Waals surface area contributed by atoms with E-state index in [0.29, 0.717) is 16.8 Å². The van der Waals surface area contributed by atoms with E-state index in [9.17, 15) is 9.90 Å². The van der Waals surface area contributed by atoms with Crippen molar-refractivity contribution in [3.8, 4) is 5.75 Å². The number of phenolic OH excluding ortho intramolecular Hbond substituents is 1. The maximum absolute atomic E-state index is 12.1. The van der Waals surface area contributed by atoms with Crippen LogP contribution in [0, 0.1) is 6.92 Å². The zero-order chi connectivity index (χ0) is 14.7. The number of halogens is 1. The third-order valence-corrected chi connectivity index (χ3v) is 3.48. The van der Waals surface area contributed by atoms with E-state index in [1.807, 2.05) is 19.1 Å². The Morgan fingerprint density at radius 2 is 2.05 bits per heavy atom. The van der Waals surface area contributed by atoms with Gasteiger partial charge >= 0.3 is 0 Å². The van der Waals surface area contributed by atoms with Gasteiger partial charge in [-0.05, 0) is 42.8 Å². The molecule has 0 unspecified atom stereocenters. The van der Waals surface area contributed by atoms with Crippen LogP contribution in [0.25, 0.3) is 0 Å². The Bertz CT molecular complexity index is 656. The van der Waals surface area contributed by atoms with Gasteiger partial charge in [0.1, 0.15) is 5.75 Å². The molecule has 0 aliphatic rings. The van der Waals surface area contributed by atoms with Gasteiger partial charge in [-0.2, -0.15) is 0 Å². The van der Waals surface area contributed by atoms with Crippen LogP contribution in [-0.4, -0.2) is 11.0 Å². The molecule has 0 saturated carbocycles. The molecular weight excluding hydrogens is 320 g/mol. The molecule has 4 nitrogen and oxygen atoms in total. The van der Waals surface area contributed by atoms with Crippen LogP contribution in [0.1, 0.15) is 21.5 Å². The number of benzene rings is 2. The van der Waals surface area contributed by atoms with Crippen LogP contribution in [0.2, 0.25) is 0 Å². The summed E-state index contributed by atoms with van der Waals surface area (Å²) in [6, 6.07) is 10.3. The summed E-state index contributed by atoms with van der Waals surface area (Å²) in [6.07, 6.45) is 0. The number of nitrogens with two attached hydrogens (primary N) is 1. The van der Waals surface area contributed by atoms with E-state index >= 15 is 0 Å². The molecule has 4 N–H and O–H groups in total. The molecule has 0 heterocycles. The second kappa shape index (κ2) is 5.96. The first-order chi connectivity index (χ1) is 9.47. The highest BCUT2D eigenvalue weighted by Gasteiger charge is 2.10. The van der Waals surface area contributed by atoms with E-state index in [2.05, 4.69) is 21.2 Å². The average Bonchev–Trinajstić information content (AvgIpc) is 2.42. The van der Waals surface area contributed by atoms with E-state index in [4.69, 9.17) is 5.73 Å². The van der Waals surface area contributed by atoms with E-state index < -0.39 is 0 Å². The summed E-state index contributed by atoms with van der Waals surface area (Å²) in [7, 11) is 0. The van der Waals surface area contributed by atoms with Gasteiger partial charge in [-0.25, -0.2) is 0 Å². The third kappa shape index (κ3) is 3.30. The Balaban J connectivity index is 2.12. The second-order valence-corrected chi connectivity index (χ2v) is 5.45. The number of anilines is 1. The molecule has 0 atom stereocenters. The Kier molecular flexibility index (Phi) is 4.29. The lowest BCUT2D eigenvalue weighted by atomic mass is 10.1. The van der Waals surface area contributed by atoms with E-state index in [0.717, 1.165) is 10.0 Å². The summed E-state index contributed by atoms with van der Waals surface area (Å²) in [4.78, 5) is 12.1. The summed E-state index contributed by atoms with van der Waals surface area (Å²) in [6.45, 7) is 2.10. The molecule has 2 rings (SSSR count). The number of amides is 1. The summed E-state index contributed by atoms with van der Waals surface area (Å²) in [5.74, 6) is -0.0731. The van der Waals surface area contributed by atoms with E-state index in [1.165, 1.54) is 6.07 Å². The number of phenols is 1. The fourth-order valence-electron chi connectivity index (χ4n) is 1.86. The predicted octanol–water partition coefficient (Wildman–Crippen LogP) is 2.98. The summed E-state index contributed by atoms with van der Waals surface area (Å²) in [5, 5.41) is 12.5. The van der Waals surface area contributed by atoms with E-state index in [-0.39, 0.29) is 18.2 Å². The summed E-state index contributed by atoms with van der Waals surface area (Å²) < 4.78 is 0.847. The lowest BCUT2D eigenvalue weighted by molar-refractivity contribution is 0.0950. The van der Waals surface area contributed by atoms with Crippen LogP contribution in [0.15, 0.2) is 40.9 Å². The number of aryl methyl sites for hydroxylation is 1. The normalized spacial score (nSPS) is 10.3. The SMILES string of the molecule is Cc1ccc(Br)cc1C(=O)NCc1cc(N)ccc1O. The van der Waals surface area contributed by atoms with Gasteiger partial charge in [-0.3, -0.25) is 4.79 Å². The minimum Gasteiger partial charge on any atom is -0.508 e. The number of hydrogen-bond acceptors (Lipinski definition) is 3. The van der Waals surface area contributed by atoms with Crippen LogP contribution in [0.5, 0.6) is 5.75 Å². The van der Waals surface area contributed by atoms with Gasteiger partial charge in [0.25, 0.3) is 5.91 Å². The van der Waals surface area contributed by atoms with Gasteiger partial charge in [-0.15, -0.1) is 0 Å². The van der Waals surface area contributed by atoms with Gasteiger partial charge in [0.15, 0.2) is 0 Å². The fourth-order valence-corrected chi connectivity index (χ4v) is 2.22. The highest BCUT2D eigenvalue weighted by molar-refractivity contribution is 9.10. The molecule has 0 bridgehead atoms. The first-order valence-electron chi connectivity index (χ1n) is 6.09. The van der Waals surface area contributed by atoms with Crippen molar-refractivity contribution in [3.63, 3.8) is 0 Å². The maximum atomic E-state index is 12.1. The molecule has 1 amide bonds. The quantitative estimate of drug-likeness (QED) is 0.596. The molecular formula is C15H15BrN2O2. The average molecular weight is 335 g/mol. The standard InChI is InChI=1S/C15H15BrN2O2/c1-9-2-3-11(16)7-13(9)15(20)18-8-10-6-12(17)4-5-14(10)19/h2-7,19H,8,17H2,1H3,(H,18,20). The van der Waals surface area contributed by atoms with Gasteiger partial charge in [-0.1, -0.05) is 22.0 Å². The van der Waals surface area contributed by atoms with Crippen molar-refractivity contribution in [2.45, 2.75) is 13.5 Å². The van der Waals surface area contributed by atoms with Crippen LogP contribution in [0.3, 0.4) is 0 Å². The lowest BCUT2D eigenvalue weighted by Crippen LogP contribution is -2.23. The highest BCUT2D eigenvalue weighted by Crippen LogP contribution is 2.20. The summed E-state index contributed by atoms with van der Waals surface area (Å²) in [5.41, 5.74) is 8.29. The lowest BCUT2D eigenvalue weighted by Gasteiger charge is -2.10. The van der Waals surface area contributed by atoms with Gasteiger partial charge in [0.05, 0.1) is 0 Å². The molecule has 2 aromatic rings. The first kappa shape index (κ1) is 14.4. The van der Waals surface area contributed by atoms with Gasteiger partial charge in [0.2, 0.25) is 0 Å². The van der Waals surface area contributed by atoms with Crippen LogP contribution < -0.4 is 11.1 Å². The van der Waals surface area contributed by atoms with Crippen molar-refractivity contribution in [2.75, 3.05) is 5.73 Å². The molecule has 20 heavy (non-hydrogen) atoms. The molecule has 0 spiro atoms. The number of carbonyl (C=O) groups excluding carboxylic acids is 1. The number of carbonyl (C=O) groups is 1. The molecule has 0 fully saturated rings. The summed E-state index contributed by atoms with van der Waals surface area (Å²) >= 11 is 3.35. The monoisotopic (exact) mass is 334 g/mol. The van der Waals surface area contributed by atoms with Crippen LogP contribution in [-0.2, 0) is 6.54 Å². The van der Waals surface area contributed by atoms with E-state index in [1.54, 1.807) is 18.2 Å². The zero-order valence-corrected chi connectivity index (χ0v) is 12.6. The molecule has 2 aromatic carbocycles. The molecule has 0 aliphatic heterocycles. The van der Waals surface area contributed by atoms with Crippen LogP contribution in [0.4, 0.5) is 5.69 Å². The largest absolute Gasteiger partial charge is 0.508 e. The number of rotatable bonds is 3. The first-order valence-corrected chi connectivity index (χ1v) is 6.88. The maximum Gasteiger partial charge on any atom is 0.251 e. The predicted molar refractivity (Wildman–Crippen MR) is 82.6 cm³/mol. The molecule has 0 radical (unpaired) electrons. The van der Waals surface area contributed by atoms with Crippen molar-refractivity contribution in [3.05, 3.63) is 57.6 Å². The van der Waals surface area contributed by atoms with Gasteiger partial charge in [0, 0.05) is 27.8 Å². The molecule has 104 valence electrons. The second-order valence-electron chi connectivity index (χ2n) is 4.53. The molecule has 0 saturated heterocycles. The molecule has 0 aliphatic carbocycles. The molecule has 5 heteroatoms.